The number of nitrogens with zero attached hydrogens (tertiary/aromatic N) is 3. The predicted molar refractivity (Wildman–Crippen MR) is 89.2 cm³/mol. The Hall–Kier alpha value is -2.28. The van der Waals surface area contributed by atoms with Crippen LogP contribution in [-0.2, 0) is 6.42 Å². The summed E-state index contributed by atoms with van der Waals surface area (Å²) in [5.74, 6) is -0.0772. The van der Waals surface area contributed by atoms with Crippen molar-refractivity contribution in [3.8, 4) is 17.5 Å². The highest BCUT2D eigenvalue weighted by Crippen LogP contribution is 2.18. The van der Waals surface area contributed by atoms with Gasteiger partial charge in [-0.2, -0.15) is 14.6 Å². The maximum absolute atomic E-state index is 14.1. The lowest BCUT2D eigenvalue weighted by molar-refractivity contribution is 0.549. The van der Waals surface area contributed by atoms with Crippen LogP contribution >= 0.6 is 0 Å². The molecule has 1 aromatic carbocycles. The second-order valence-electron chi connectivity index (χ2n) is 5.72. The fourth-order valence-electron chi connectivity index (χ4n) is 2.48. The number of unbranched alkanes of at least 4 members (excludes halogenated alkanes) is 5. The maximum atomic E-state index is 14.1. The quantitative estimate of drug-likeness (QED) is 0.506. The van der Waals surface area contributed by atoms with E-state index in [0.29, 0.717) is 28.9 Å². The Morgan fingerprint density at radius 2 is 1.74 bits per heavy atom. The number of benzene rings is 1. The van der Waals surface area contributed by atoms with Gasteiger partial charge in [-0.25, -0.2) is 4.98 Å². The average molecular weight is 311 g/mol. The normalized spacial score (nSPS) is 10.5. The third-order valence-corrected chi connectivity index (χ3v) is 3.88. The van der Waals surface area contributed by atoms with Gasteiger partial charge in [0.05, 0.1) is 11.6 Å². The maximum Gasteiger partial charge on any atom is 0.219 e. The molecule has 0 radical (unpaired) electrons. The van der Waals surface area contributed by atoms with E-state index in [0.717, 1.165) is 12.8 Å². The first-order valence-electron chi connectivity index (χ1n) is 8.26. The van der Waals surface area contributed by atoms with E-state index in [1.165, 1.54) is 25.7 Å². The van der Waals surface area contributed by atoms with Gasteiger partial charge in [0.1, 0.15) is 0 Å². The third kappa shape index (κ3) is 5.14. The first kappa shape index (κ1) is 17.1. The van der Waals surface area contributed by atoms with Crippen LogP contribution in [0.3, 0.4) is 0 Å². The van der Waals surface area contributed by atoms with E-state index in [1.54, 1.807) is 30.5 Å². The van der Waals surface area contributed by atoms with E-state index < -0.39 is 5.95 Å². The van der Waals surface area contributed by atoms with Crippen LogP contribution in [0.25, 0.3) is 11.4 Å². The van der Waals surface area contributed by atoms with Gasteiger partial charge in [0.2, 0.25) is 5.95 Å². The van der Waals surface area contributed by atoms with Crippen LogP contribution in [0.15, 0.2) is 30.5 Å². The minimum absolute atomic E-state index is 0.360. The Balaban J connectivity index is 1.93. The van der Waals surface area contributed by atoms with Gasteiger partial charge in [0.15, 0.2) is 5.82 Å². The van der Waals surface area contributed by atoms with E-state index in [1.807, 2.05) is 0 Å². The first-order chi connectivity index (χ1) is 11.2. The average Bonchev–Trinajstić information content (AvgIpc) is 2.59. The first-order valence-corrected chi connectivity index (χ1v) is 8.26. The summed E-state index contributed by atoms with van der Waals surface area (Å²) in [6.45, 7) is 2.20. The van der Waals surface area contributed by atoms with Crippen molar-refractivity contribution in [1.82, 2.24) is 9.97 Å². The molecule has 1 heterocycles. The second-order valence-corrected chi connectivity index (χ2v) is 5.72. The monoisotopic (exact) mass is 311 g/mol. The van der Waals surface area contributed by atoms with Crippen LogP contribution in [0.4, 0.5) is 4.39 Å². The molecular formula is C19H22FN3. The molecule has 0 saturated carbocycles. The van der Waals surface area contributed by atoms with Crippen molar-refractivity contribution in [2.75, 3.05) is 0 Å². The van der Waals surface area contributed by atoms with Crippen LogP contribution in [0, 0.1) is 17.3 Å². The van der Waals surface area contributed by atoms with Crippen LogP contribution in [0.1, 0.15) is 56.6 Å². The Morgan fingerprint density at radius 1 is 1.04 bits per heavy atom. The highest BCUT2D eigenvalue weighted by Gasteiger charge is 2.08. The lowest BCUT2D eigenvalue weighted by atomic mass is 10.1. The zero-order valence-electron chi connectivity index (χ0n) is 13.6. The summed E-state index contributed by atoms with van der Waals surface area (Å²) in [7, 11) is 0. The van der Waals surface area contributed by atoms with E-state index >= 15 is 0 Å². The van der Waals surface area contributed by atoms with E-state index in [-0.39, 0.29) is 0 Å². The van der Waals surface area contributed by atoms with Crippen molar-refractivity contribution >= 4 is 0 Å². The van der Waals surface area contributed by atoms with Crippen molar-refractivity contribution in [2.24, 2.45) is 0 Å². The van der Waals surface area contributed by atoms with Gasteiger partial charge in [0.25, 0.3) is 0 Å². The number of rotatable bonds is 8. The highest BCUT2D eigenvalue weighted by molar-refractivity contribution is 5.56. The minimum Gasteiger partial charge on any atom is -0.236 e. The van der Waals surface area contributed by atoms with E-state index in [9.17, 15) is 4.39 Å². The van der Waals surface area contributed by atoms with Crippen molar-refractivity contribution in [1.29, 1.82) is 5.26 Å². The third-order valence-electron chi connectivity index (χ3n) is 3.88. The van der Waals surface area contributed by atoms with Gasteiger partial charge in [-0.05, 0) is 37.1 Å². The number of aryl methyl sites for hydroxylation is 1. The van der Waals surface area contributed by atoms with Gasteiger partial charge in [-0.1, -0.05) is 39.0 Å². The lowest BCUT2D eigenvalue weighted by Crippen LogP contribution is -1.99. The van der Waals surface area contributed by atoms with Gasteiger partial charge in [-0.15, -0.1) is 0 Å². The number of halogens is 1. The standard InChI is InChI=1S/C19H22FN3/c1-2-3-4-5-6-7-8-17-14-22-19(23-18(17)20)16-11-9-15(13-21)10-12-16/h9-12,14H,2-8H2,1H3. The molecule has 0 N–H and O–H groups in total. The van der Waals surface area contributed by atoms with E-state index in [2.05, 4.69) is 23.0 Å². The molecule has 0 unspecified atom stereocenters. The van der Waals surface area contributed by atoms with Gasteiger partial charge in [0, 0.05) is 17.3 Å². The van der Waals surface area contributed by atoms with Gasteiger partial charge in [-0.3, -0.25) is 0 Å². The lowest BCUT2D eigenvalue weighted by Gasteiger charge is -2.05. The number of hydrogen-bond acceptors (Lipinski definition) is 3. The molecule has 0 amide bonds. The summed E-state index contributed by atoms with van der Waals surface area (Å²) < 4.78 is 14.1. The summed E-state index contributed by atoms with van der Waals surface area (Å²) in [6.07, 6.45) is 9.34. The highest BCUT2D eigenvalue weighted by atomic mass is 19.1. The topological polar surface area (TPSA) is 49.6 Å². The van der Waals surface area contributed by atoms with E-state index in [4.69, 9.17) is 5.26 Å². The van der Waals surface area contributed by atoms with Crippen LogP contribution in [0.5, 0.6) is 0 Å². The summed E-state index contributed by atoms with van der Waals surface area (Å²) in [6, 6.07) is 8.89. The molecular weight excluding hydrogens is 289 g/mol. The molecule has 1 aromatic heterocycles. The smallest absolute Gasteiger partial charge is 0.219 e. The molecule has 0 saturated heterocycles. The van der Waals surface area contributed by atoms with Gasteiger partial charge < -0.3 is 0 Å². The second kappa shape index (κ2) is 8.99. The van der Waals surface area contributed by atoms with Crippen LogP contribution in [-0.4, -0.2) is 9.97 Å². The van der Waals surface area contributed by atoms with Crippen LogP contribution < -0.4 is 0 Å². The molecule has 2 aromatic rings. The van der Waals surface area contributed by atoms with Crippen LogP contribution in [0.2, 0.25) is 0 Å². The van der Waals surface area contributed by atoms with Crippen molar-refractivity contribution in [3.05, 3.63) is 47.5 Å². The number of nitriles is 1. The number of aromatic nitrogens is 2. The van der Waals surface area contributed by atoms with Crippen molar-refractivity contribution in [3.63, 3.8) is 0 Å². The molecule has 3 nitrogen and oxygen atoms in total. The Morgan fingerprint density at radius 3 is 2.39 bits per heavy atom. The number of hydrogen-bond donors (Lipinski definition) is 0. The molecule has 0 bridgehead atoms. The molecule has 0 aliphatic carbocycles. The summed E-state index contributed by atoms with van der Waals surface area (Å²) >= 11 is 0. The largest absolute Gasteiger partial charge is 0.236 e. The molecule has 0 spiro atoms. The zero-order valence-corrected chi connectivity index (χ0v) is 13.6. The fourth-order valence-corrected chi connectivity index (χ4v) is 2.48. The fraction of sp³-hybridized carbons (Fsp3) is 0.421. The molecule has 23 heavy (non-hydrogen) atoms. The Bertz CT molecular complexity index is 659. The van der Waals surface area contributed by atoms with Gasteiger partial charge >= 0.3 is 0 Å². The SMILES string of the molecule is CCCCCCCCc1cnc(-c2ccc(C#N)cc2)nc1F. The minimum atomic E-state index is -0.437. The summed E-state index contributed by atoms with van der Waals surface area (Å²) in [4.78, 5) is 8.23. The molecule has 0 atom stereocenters. The molecule has 2 rings (SSSR count). The molecule has 0 aliphatic rings. The molecule has 120 valence electrons. The summed E-state index contributed by atoms with van der Waals surface area (Å²) in [5, 5.41) is 8.79. The molecule has 0 aliphatic heterocycles. The Kier molecular flexibility index (Phi) is 6.68. The predicted octanol–water partition coefficient (Wildman–Crippen LogP) is 5.06. The van der Waals surface area contributed by atoms with Crippen molar-refractivity contribution in [2.45, 2.75) is 51.9 Å². The zero-order chi connectivity index (χ0) is 16.5. The molecule has 0 fully saturated rings. The molecule has 4 heteroatoms. The Labute approximate surface area is 137 Å². The van der Waals surface area contributed by atoms with Crippen molar-refractivity contribution < 1.29 is 4.39 Å². The summed E-state index contributed by atoms with van der Waals surface area (Å²) in [5.41, 5.74) is 1.86.